The smallest absolute Gasteiger partial charge is 0.321 e. The summed E-state index contributed by atoms with van der Waals surface area (Å²) in [6.07, 6.45) is -6.67. The van der Waals surface area contributed by atoms with Crippen LogP contribution in [-0.2, 0) is 11.2 Å². The van der Waals surface area contributed by atoms with Crippen LogP contribution in [0.4, 0.5) is 0 Å². The van der Waals surface area contributed by atoms with E-state index in [0.29, 0.717) is 11.3 Å². The Kier molecular flexibility index (Phi) is 5.28. The molecule has 0 saturated heterocycles. The van der Waals surface area contributed by atoms with E-state index in [4.69, 9.17) is 5.11 Å². The van der Waals surface area contributed by atoms with Crippen LogP contribution in [0, 0.1) is 0 Å². The molecule has 142 valence electrons. The van der Waals surface area contributed by atoms with Gasteiger partial charge in [0.05, 0.1) is 12.6 Å². The van der Waals surface area contributed by atoms with Crippen LogP contribution in [0.1, 0.15) is 17.3 Å². The second kappa shape index (κ2) is 7.31. The summed E-state index contributed by atoms with van der Waals surface area (Å²) in [7, 11) is 0. The van der Waals surface area contributed by atoms with Crippen LogP contribution in [0.15, 0.2) is 24.3 Å². The summed E-state index contributed by atoms with van der Waals surface area (Å²) in [5.74, 6) is -1.11. The average molecular weight is 366 g/mol. The summed E-state index contributed by atoms with van der Waals surface area (Å²) in [6, 6.07) is 5.27. The highest BCUT2D eigenvalue weighted by atomic mass is 16.4. The fraction of sp³-hybridized carbons (Fsp3) is 0.471. The Morgan fingerprint density at radius 2 is 1.85 bits per heavy atom. The number of aliphatic hydroxyl groups is 5. The first-order valence-corrected chi connectivity index (χ1v) is 8.26. The van der Waals surface area contributed by atoms with Crippen LogP contribution >= 0.6 is 0 Å². The minimum absolute atomic E-state index is 0.190. The van der Waals surface area contributed by atoms with Gasteiger partial charge in [-0.15, -0.1) is 0 Å². The summed E-state index contributed by atoms with van der Waals surface area (Å²) in [5.41, 5.74) is 1.98. The number of aliphatic carboxylic acids is 1. The van der Waals surface area contributed by atoms with Gasteiger partial charge in [0.2, 0.25) is 0 Å². The van der Waals surface area contributed by atoms with Crippen LogP contribution in [0.3, 0.4) is 0 Å². The van der Waals surface area contributed by atoms with Crippen LogP contribution in [0.2, 0.25) is 0 Å². The maximum Gasteiger partial charge on any atom is 0.321 e. The monoisotopic (exact) mass is 366 g/mol. The number of carbonyl (C=O) groups is 1. The zero-order valence-electron chi connectivity index (χ0n) is 13.8. The van der Waals surface area contributed by atoms with Crippen LogP contribution in [-0.4, -0.2) is 78.7 Å². The molecule has 0 fully saturated rings. The first kappa shape index (κ1) is 18.8. The van der Waals surface area contributed by atoms with E-state index in [2.05, 4.69) is 10.3 Å². The minimum atomic E-state index is -1.80. The molecule has 1 aromatic heterocycles. The van der Waals surface area contributed by atoms with Crippen molar-refractivity contribution >= 4 is 16.9 Å². The summed E-state index contributed by atoms with van der Waals surface area (Å²) in [6.45, 7) is -0.793. The third-order valence-electron chi connectivity index (χ3n) is 4.87. The number of hydrogen-bond acceptors (Lipinski definition) is 7. The van der Waals surface area contributed by atoms with Gasteiger partial charge in [0.25, 0.3) is 0 Å². The van der Waals surface area contributed by atoms with Crippen LogP contribution < -0.4 is 5.32 Å². The largest absolute Gasteiger partial charge is 0.480 e. The number of nitrogens with one attached hydrogen (secondary N) is 2. The Morgan fingerprint density at radius 3 is 2.50 bits per heavy atom. The molecule has 26 heavy (non-hydrogen) atoms. The lowest BCUT2D eigenvalue weighted by molar-refractivity contribution is -0.142. The molecular weight excluding hydrogens is 344 g/mol. The van der Waals surface area contributed by atoms with Crippen molar-refractivity contribution in [1.82, 2.24) is 10.3 Å². The predicted molar refractivity (Wildman–Crippen MR) is 90.4 cm³/mol. The number of fused-ring (bicyclic) bond motifs is 3. The van der Waals surface area contributed by atoms with Crippen molar-refractivity contribution in [3.63, 3.8) is 0 Å². The van der Waals surface area contributed by atoms with Gasteiger partial charge in [0, 0.05) is 23.0 Å². The second-order valence-corrected chi connectivity index (χ2v) is 6.52. The normalized spacial score (nSPS) is 24.7. The van der Waals surface area contributed by atoms with Gasteiger partial charge in [0.15, 0.2) is 0 Å². The third kappa shape index (κ3) is 3.20. The summed E-state index contributed by atoms with van der Waals surface area (Å²) in [5, 5.41) is 62.0. The first-order valence-electron chi connectivity index (χ1n) is 8.26. The SMILES string of the molecule is O=C(O)[C@@H]1Cc2c([nH]c3ccccc23)C([C@@H](O)[C@H](O)[C@H](O)[C@H](O)CO)N1. The van der Waals surface area contributed by atoms with Crippen molar-refractivity contribution < 1.29 is 35.4 Å². The number of carboxylic acids is 1. The van der Waals surface area contributed by atoms with Gasteiger partial charge >= 0.3 is 5.97 Å². The van der Waals surface area contributed by atoms with Gasteiger partial charge in [-0.1, -0.05) is 18.2 Å². The molecule has 1 aliphatic heterocycles. The maximum absolute atomic E-state index is 11.5. The lowest BCUT2D eigenvalue weighted by atomic mass is 9.88. The molecule has 2 heterocycles. The standard InChI is InChI=1S/C17H22N2O7/c20-6-11(21)14(22)16(24)15(23)13-12-8(5-10(19-13)17(25)26)7-3-1-2-4-9(7)18-12/h1-4,10-11,13-16,18-24H,5-6H2,(H,25,26)/t10-,11+,13?,14+,15+,16+/m0/s1. The molecule has 1 aromatic carbocycles. The van der Waals surface area contributed by atoms with E-state index in [1.807, 2.05) is 24.3 Å². The topological polar surface area (TPSA) is 166 Å². The molecule has 0 radical (unpaired) electrons. The molecule has 6 atom stereocenters. The molecule has 1 unspecified atom stereocenters. The zero-order chi connectivity index (χ0) is 19.0. The highest BCUT2D eigenvalue weighted by molar-refractivity contribution is 5.86. The van der Waals surface area contributed by atoms with Crippen molar-refractivity contribution in [2.24, 2.45) is 0 Å². The van der Waals surface area contributed by atoms with E-state index >= 15 is 0 Å². The highest BCUT2D eigenvalue weighted by Gasteiger charge is 2.41. The Hall–Kier alpha value is -2.01. The van der Waals surface area contributed by atoms with Crippen molar-refractivity contribution in [3.8, 4) is 0 Å². The Bertz CT molecular complexity index is 793. The van der Waals surface area contributed by atoms with E-state index in [1.165, 1.54) is 0 Å². The molecule has 0 amide bonds. The van der Waals surface area contributed by atoms with E-state index in [-0.39, 0.29) is 6.42 Å². The van der Waals surface area contributed by atoms with Crippen molar-refractivity contribution in [1.29, 1.82) is 0 Å². The molecule has 0 saturated carbocycles. The molecule has 0 bridgehead atoms. The molecule has 9 heteroatoms. The lowest BCUT2D eigenvalue weighted by Crippen LogP contribution is -2.54. The van der Waals surface area contributed by atoms with Gasteiger partial charge in [-0.2, -0.15) is 0 Å². The molecule has 0 spiro atoms. The molecule has 0 aliphatic carbocycles. The average Bonchev–Trinajstić information content (AvgIpc) is 3.03. The number of H-pyrrole nitrogens is 1. The number of aromatic nitrogens is 1. The van der Waals surface area contributed by atoms with Gasteiger partial charge < -0.3 is 35.6 Å². The fourth-order valence-electron chi connectivity index (χ4n) is 3.43. The predicted octanol–water partition coefficient (Wildman–Crippen LogP) is -1.76. The summed E-state index contributed by atoms with van der Waals surface area (Å²) < 4.78 is 0. The number of rotatable bonds is 6. The fourth-order valence-corrected chi connectivity index (χ4v) is 3.43. The van der Waals surface area contributed by atoms with E-state index in [1.54, 1.807) is 0 Å². The zero-order valence-corrected chi connectivity index (χ0v) is 13.8. The number of aromatic amines is 1. The Morgan fingerprint density at radius 1 is 1.15 bits per heavy atom. The van der Waals surface area contributed by atoms with Gasteiger partial charge in [0.1, 0.15) is 30.5 Å². The van der Waals surface area contributed by atoms with Gasteiger partial charge in [-0.05, 0) is 11.6 Å². The number of aliphatic hydroxyl groups excluding tert-OH is 5. The van der Waals surface area contributed by atoms with Crippen molar-refractivity contribution in [2.45, 2.75) is 42.9 Å². The summed E-state index contributed by atoms with van der Waals surface area (Å²) >= 11 is 0. The Labute approximate surface area is 148 Å². The second-order valence-electron chi connectivity index (χ2n) is 6.52. The number of para-hydroxylation sites is 1. The number of benzene rings is 1. The van der Waals surface area contributed by atoms with Crippen LogP contribution in [0.5, 0.6) is 0 Å². The number of hydrogen-bond donors (Lipinski definition) is 8. The third-order valence-corrected chi connectivity index (χ3v) is 4.87. The van der Waals surface area contributed by atoms with Gasteiger partial charge in [-0.25, -0.2) is 0 Å². The Balaban J connectivity index is 1.99. The highest BCUT2D eigenvalue weighted by Crippen LogP contribution is 2.34. The molecule has 9 nitrogen and oxygen atoms in total. The maximum atomic E-state index is 11.5. The van der Waals surface area contributed by atoms with E-state index in [0.717, 1.165) is 10.9 Å². The molecule has 8 N–H and O–H groups in total. The molecule has 3 rings (SSSR count). The van der Waals surface area contributed by atoms with Crippen molar-refractivity contribution in [3.05, 3.63) is 35.5 Å². The van der Waals surface area contributed by atoms with E-state index in [9.17, 15) is 30.3 Å². The quantitative estimate of drug-likeness (QED) is 0.298. The van der Waals surface area contributed by atoms with E-state index < -0.39 is 49.1 Å². The van der Waals surface area contributed by atoms with Crippen molar-refractivity contribution in [2.75, 3.05) is 6.61 Å². The molecule has 1 aliphatic rings. The first-order chi connectivity index (χ1) is 12.3. The molecular formula is C17H22N2O7. The number of carboxylic acid groups (broad SMARTS) is 1. The van der Waals surface area contributed by atoms with Crippen LogP contribution in [0.25, 0.3) is 10.9 Å². The molecule has 2 aromatic rings. The van der Waals surface area contributed by atoms with Gasteiger partial charge in [-0.3, -0.25) is 10.1 Å². The lowest BCUT2D eigenvalue weighted by Gasteiger charge is -2.36. The summed E-state index contributed by atoms with van der Waals surface area (Å²) in [4.78, 5) is 14.6. The minimum Gasteiger partial charge on any atom is -0.480 e.